The van der Waals surface area contributed by atoms with Crippen molar-refractivity contribution in [1.29, 1.82) is 0 Å². The number of halogens is 2. The van der Waals surface area contributed by atoms with Gasteiger partial charge in [0.2, 0.25) is 0 Å². The van der Waals surface area contributed by atoms with Crippen LogP contribution >= 0.6 is 35.6 Å². The van der Waals surface area contributed by atoms with Crippen molar-refractivity contribution in [3.63, 3.8) is 0 Å². The van der Waals surface area contributed by atoms with Crippen LogP contribution in [-0.4, -0.2) is 12.1 Å². The lowest BCUT2D eigenvalue weighted by atomic mass is 10.2. The molecule has 1 aromatic carbocycles. The fourth-order valence-corrected chi connectivity index (χ4v) is 0.946. The first-order valence-electron chi connectivity index (χ1n) is 3.78. The molecular weight excluding hydrogens is 312 g/mol. The molecule has 3 nitrogen and oxygen atoms in total. The SMILES string of the molecule is C/C(N)=N\N=C\c1ccccc1Cl.I. The van der Waals surface area contributed by atoms with E-state index in [1.807, 2.05) is 18.2 Å². The molecule has 0 bridgehead atoms. The third-order valence-electron chi connectivity index (χ3n) is 1.32. The zero-order chi connectivity index (χ0) is 9.68. The van der Waals surface area contributed by atoms with E-state index in [4.69, 9.17) is 17.3 Å². The Morgan fingerprint density at radius 2 is 2.07 bits per heavy atom. The molecule has 2 N–H and O–H groups in total. The van der Waals surface area contributed by atoms with E-state index in [1.54, 1.807) is 19.2 Å². The number of hydrogen-bond donors (Lipinski definition) is 1. The quantitative estimate of drug-likeness (QED) is 0.387. The summed E-state index contributed by atoms with van der Waals surface area (Å²) in [6, 6.07) is 7.39. The highest BCUT2D eigenvalue weighted by atomic mass is 127. The van der Waals surface area contributed by atoms with Crippen molar-refractivity contribution >= 4 is 47.6 Å². The predicted octanol–water partition coefficient (Wildman–Crippen LogP) is 2.67. The van der Waals surface area contributed by atoms with Crippen LogP contribution in [0.1, 0.15) is 12.5 Å². The summed E-state index contributed by atoms with van der Waals surface area (Å²) >= 11 is 5.87. The highest BCUT2D eigenvalue weighted by molar-refractivity contribution is 14.0. The van der Waals surface area contributed by atoms with Gasteiger partial charge < -0.3 is 5.73 Å². The molecule has 1 rings (SSSR count). The number of amidine groups is 1. The van der Waals surface area contributed by atoms with E-state index in [1.165, 1.54) is 0 Å². The molecule has 1 aromatic rings. The van der Waals surface area contributed by atoms with Crippen LogP contribution in [0.25, 0.3) is 0 Å². The molecule has 0 aromatic heterocycles. The van der Waals surface area contributed by atoms with Crippen LogP contribution < -0.4 is 5.73 Å². The summed E-state index contributed by atoms with van der Waals surface area (Å²) in [5, 5.41) is 8.07. The molecule has 0 fully saturated rings. The van der Waals surface area contributed by atoms with E-state index >= 15 is 0 Å². The van der Waals surface area contributed by atoms with E-state index in [-0.39, 0.29) is 24.0 Å². The minimum atomic E-state index is 0. The molecule has 0 aliphatic heterocycles. The van der Waals surface area contributed by atoms with Gasteiger partial charge >= 0.3 is 0 Å². The Hall–Kier alpha value is -0.620. The van der Waals surface area contributed by atoms with Crippen molar-refractivity contribution in [3.05, 3.63) is 34.9 Å². The monoisotopic (exact) mass is 323 g/mol. The highest BCUT2D eigenvalue weighted by Crippen LogP contribution is 2.12. The van der Waals surface area contributed by atoms with E-state index < -0.39 is 0 Å². The summed E-state index contributed by atoms with van der Waals surface area (Å²) in [5.74, 6) is 0.420. The van der Waals surface area contributed by atoms with Crippen LogP contribution in [-0.2, 0) is 0 Å². The van der Waals surface area contributed by atoms with Gasteiger partial charge in [0, 0.05) is 10.6 Å². The lowest BCUT2D eigenvalue weighted by Gasteiger charge is -1.93. The Labute approximate surface area is 105 Å². The van der Waals surface area contributed by atoms with Crippen LogP contribution in [0.15, 0.2) is 34.5 Å². The van der Waals surface area contributed by atoms with Gasteiger partial charge in [0.05, 0.1) is 6.21 Å². The number of rotatable bonds is 2. The summed E-state index contributed by atoms with van der Waals surface area (Å²) in [6.07, 6.45) is 1.57. The molecule has 0 aliphatic carbocycles. The molecule has 0 aliphatic rings. The first-order chi connectivity index (χ1) is 6.20. The third-order valence-corrected chi connectivity index (χ3v) is 1.66. The van der Waals surface area contributed by atoms with Gasteiger partial charge in [-0.25, -0.2) is 0 Å². The van der Waals surface area contributed by atoms with Crippen LogP contribution in [0.3, 0.4) is 0 Å². The van der Waals surface area contributed by atoms with Crippen molar-refractivity contribution in [2.75, 3.05) is 0 Å². The van der Waals surface area contributed by atoms with Crippen molar-refractivity contribution in [2.45, 2.75) is 6.92 Å². The van der Waals surface area contributed by atoms with Crippen LogP contribution in [0.2, 0.25) is 5.02 Å². The maximum Gasteiger partial charge on any atom is 0.119 e. The molecule has 0 spiro atoms. The van der Waals surface area contributed by atoms with Crippen molar-refractivity contribution < 1.29 is 0 Å². The fourth-order valence-electron chi connectivity index (χ4n) is 0.762. The van der Waals surface area contributed by atoms with Gasteiger partial charge in [-0.15, -0.1) is 29.1 Å². The number of benzene rings is 1. The smallest absolute Gasteiger partial charge is 0.119 e. The van der Waals surface area contributed by atoms with E-state index in [0.717, 1.165) is 5.56 Å². The Bertz CT molecular complexity index is 346. The van der Waals surface area contributed by atoms with Gasteiger partial charge in [0.15, 0.2) is 0 Å². The zero-order valence-corrected chi connectivity index (χ0v) is 10.7. The molecule has 0 atom stereocenters. The van der Waals surface area contributed by atoms with Gasteiger partial charge in [-0.2, -0.15) is 5.10 Å². The number of hydrogen-bond acceptors (Lipinski definition) is 2. The minimum Gasteiger partial charge on any atom is -0.386 e. The second kappa shape index (κ2) is 6.78. The van der Waals surface area contributed by atoms with E-state index in [2.05, 4.69) is 10.2 Å². The molecule has 0 unspecified atom stereocenters. The summed E-state index contributed by atoms with van der Waals surface area (Å²) < 4.78 is 0. The van der Waals surface area contributed by atoms with Crippen LogP contribution in [0, 0.1) is 0 Å². The molecule has 0 radical (unpaired) electrons. The van der Waals surface area contributed by atoms with Crippen LogP contribution in [0.4, 0.5) is 0 Å². The highest BCUT2D eigenvalue weighted by Gasteiger charge is 1.92. The normalized spacial score (nSPS) is 11.4. The molecule has 0 saturated carbocycles. The maximum atomic E-state index is 5.87. The standard InChI is InChI=1S/C9H10ClN3.HI/c1-7(11)13-12-6-8-4-2-3-5-9(8)10;/h2-6H,1H3,(H2,11,13);1H/b12-6+;. The Morgan fingerprint density at radius 1 is 1.43 bits per heavy atom. The van der Waals surface area contributed by atoms with Gasteiger partial charge in [0.1, 0.15) is 5.84 Å². The van der Waals surface area contributed by atoms with Crippen molar-refractivity contribution in [1.82, 2.24) is 0 Å². The van der Waals surface area contributed by atoms with Crippen molar-refractivity contribution in [3.8, 4) is 0 Å². The van der Waals surface area contributed by atoms with E-state index in [0.29, 0.717) is 10.9 Å². The van der Waals surface area contributed by atoms with Crippen molar-refractivity contribution in [2.24, 2.45) is 15.9 Å². The van der Waals surface area contributed by atoms with E-state index in [9.17, 15) is 0 Å². The molecular formula is C9H11ClIN3. The predicted molar refractivity (Wildman–Crippen MR) is 71.8 cm³/mol. The zero-order valence-electron chi connectivity index (χ0n) is 7.64. The first-order valence-corrected chi connectivity index (χ1v) is 4.15. The molecule has 76 valence electrons. The average Bonchev–Trinajstić information content (AvgIpc) is 2.08. The van der Waals surface area contributed by atoms with Gasteiger partial charge in [-0.3, -0.25) is 0 Å². The lowest BCUT2D eigenvalue weighted by Crippen LogP contribution is -2.03. The molecule has 0 heterocycles. The summed E-state index contributed by atoms with van der Waals surface area (Å²) in [7, 11) is 0. The molecule has 5 heteroatoms. The third kappa shape index (κ3) is 4.57. The summed E-state index contributed by atoms with van der Waals surface area (Å²) in [5.41, 5.74) is 6.13. The fraction of sp³-hybridized carbons (Fsp3) is 0.111. The number of nitrogens with zero attached hydrogens (tertiary/aromatic N) is 2. The second-order valence-corrected chi connectivity index (χ2v) is 2.91. The Kier molecular flexibility index (Phi) is 6.48. The largest absolute Gasteiger partial charge is 0.386 e. The summed E-state index contributed by atoms with van der Waals surface area (Å²) in [6.45, 7) is 1.67. The topological polar surface area (TPSA) is 50.7 Å². The molecule has 0 amide bonds. The minimum absolute atomic E-state index is 0. The first kappa shape index (κ1) is 13.4. The van der Waals surface area contributed by atoms with Gasteiger partial charge in [-0.1, -0.05) is 29.8 Å². The number of nitrogens with two attached hydrogens (primary N) is 1. The van der Waals surface area contributed by atoms with Gasteiger partial charge in [0.25, 0.3) is 0 Å². The lowest BCUT2D eigenvalue weighted by molar-refractivity contribution is 1.22. The molecule has 0 saturated heterocycles. The maximum absolute atomic E-state index is 5.87. The second-order valence-electron chi connectivity index (χ2n) is 2.51. The van der Waals surface area contributed by atoms with Crippen LogP contribution in [0.5, 0.6) is 0 Å². The summed E-state index contributed by atoms with van der Waals surface area (Å²) in [4.78, 5) is 0. The molecule has 14 heavy (non-hydrogen) atoms. The average molecular weight is 324 g/mol. The van der Waals surface area contributed by atoms with Gasteiger partial charge in [-0.05, 0) is 13.0 Å². The Balaban J connectivity index is 0.00000169. The Morgan fingerprint density at radius 3 is 2.64 bits per heavy atom.